The van der Waals surface area contributed by atoms with E-state index in [1.807, 2.05) is 18.2 Å². The molecule has 88 valence electrons. The van der Waals surface area contributed by atoms with Crippen LogP contribution in [-0.2, 0) is 4.79 Å². The molecule has 0 radical (unpaired) electrons. The van der Waals surface area contributed by atoms with Crippen molar-refractivity contribution in [1.29, 1.82) is 0 Å². The summed E-state index contributed by atoms with van der Waals surface area (Å²) in [6.45, 7) is 3.65. The lowest BCUT2D eigenvalue weighted by atomic mass is 10.1. The van der Waals surface area contributed by atoms with Gasteiger partial charge in [-0.25, -0.2) is 0 Å². The van der Waals surface area contributed by atoms with E-state index in [1.54, 1.807) is 6.92 Å². The standard InChI is InChI=1S/C16H18O/c1-14(8-6-7-9-15(2)17)12-13-16-10-4-3-5-11-16/h3-5,10-14H,7,9H2,1-2H3/b13-12+/t14-/m1/s1. The van der Waals surface area contributed by atoms with Crippen molar-refractivity contribution in [2.24, 2.45) is 5.92 Å². The number of Topliss-reactive ketones (excluding diaryl/α,β-unsaturated/α-hetero) is 1. The number of rotatable bonds is 4. The molecule has 0 bridgehead atoms. The van der Waals surface area contributed by atoms with Gasteiger partial charge < -0.3 is 0 Å². The molecule has 0 amide bonds. The maximum atomic E-state index is 10.7. The lowest BCUT2D eigenvalue weighted by molar-refractivity contribution is -0.116. The lowest BCUT2D eigenvalue weighted by Crippen LogP contribution is -1.88. The predicted octanol–water partition coefficient (Wildman–Crippen LogP) is 3.71. The van der Waals surface area contributed by atoms with Gasteiger partial charge in [-0.1, -0.05) is 48.4 Å². The van der Waals surface area contributed by atoms with E-state index in [4.69, 9.17) is 0 Å². The second-order valence-corrected chi connectivity index (χ2v) is 4.08. The van der Waals surface area contributed by atoms with Gasteiger partial charge in [0.1, 0.15) is 5.78 Å². The van der Waals surface area contributed by atoms with Crippen LogP contribution >= 0.6 is 0 Å². The fourth-order valence-corrected chi connectivity index (χ4v) is 1.34. The Labute approximate surface area is 104 Å². The first-order chi connectivity index (χ1) is 8.18. The average Bonchev–Trinajstić information content (AvgIpc) is 2.33. The molecule has 1 aromatic carbocycles. The number of ketones is 1. The normalized spacial score (nSPS) is 11.9. The number of allylic oxidation sites excluding steroid dienone is 1. The van der Waals surface area contributed by atoms with Gasteiger partial charge in [0.15, 0.2) is 0 Å². The Balaban J connectivity index is 2.41. The third-order valence-corrected chi connectivity index (χ3v) is 2.31. The molecule has 0 unspecified atom stereocenters. The number of carbonyl (C=O) groups excluding carboxylic acids is 1. The second-order valence-electron chi connectivity index (χ2n) is 4.08. The summed E-state index contributed by atoms with van der Waals surface area (Å²) in [6, 6.07) is 10.2. The maximum Gasteiger partial charge on any atom is 0.130 e. The van der Waals surface area contributed by atoms with E-state index in [9.17, 15) is 4.79 Å². The second kappa shape index (κ2) is 7.46. The third-order valence-electron chi connectivity index (χ3n) is 2.31. The van der Waals surface area contributed by atoms with Gasteiger partial charge >= 0.3 is 0 Å². The molecule has 0 saturated carbocycles. The largest absolute Gasteiger partial charge is 0.300 e. The quantitative estimate of drug-likeness (QED) is 0.715. The van der Waals surface area contributed by atoms with Crippen molar-refractivity contribution < 1.29 is 4.79 Å². The minimum atomic E-state index is 0.201. The molecule has 0 saturated heterocycles. The number of carbonyl (C=O) groups is 1. The van der Waals surface area contributed by atoms with Crippen LogP contribution in [0.3, 0.4) is 0 Å². The van der Waals surface area contributed by atoms with Gasteiger partial charge in [0.25, 0.3) is 0 Å². The van der Waals surface area contributed by atoms with Gasteiger partial charge in [-0.3, -0.25) is 4.79 Å². The van der Waals surface area contributed by atoms with Crippen LogP contribution in [0.4, 0.5) is 0 Å². The summed E-state index contributed by atoms with van der Waals surface area (Å²) in [5.74, 6) is 6.57. The highest BCUT2D eigenvalue weighted by atomic mass is 16.1. The van der Waals surface area contributed by atoms with Crippen molar-refractivity contribution in [2.75, 3.05) is 0 Å². The molecular formula is C16H18O. The predicted molar refractivity (Wildman–Crippen MR) is 72.3 cm³/mol. The van der Waals surface area contributed by atoms with Gasteiger partial charge in [0.05, 0.1) is 0 Å². The lowest BCUT2D eigenvalue weighted by Gasteiger charge is -1.95. The molecule has 0 aliphatic heterocycles. The van der Waals surface area contributed by atoms with Crippen molar-refractivity contribution >= 4 is 11.9 Å². The molecular weight excluding hydrogens is 208 g/mol. The Kier molecular flexibility index (Phi) is 5.82. The van der Waals surface area contributed by atoms with E-state index in [1.165, 1.54) is 5.56 Å². The first-order valence-electron chi connectivity index (χ1n) is 5.89. The zero-order chi connectivity index (χ0) is 12.5. The Hall–Kier alpha value is -1.81. The van der Waals surface area contributed by atoms with Crippen LogP contribution in [0.5, 0.6) is 0 Å². The molecule has 0 N–H and O–H groups in total. The fraction of sp³-hybridized carbons (Fsp3) is 0.312. The summed E-state index contributed by atoms with van der Waals surface area (Å²) in [4.78, 5) is 10.7. The molecule has 17 heavy (non-hydrogen) atoms. The summed E-state index contributed by atoms with van der Waals surface area (Å²) in [5, 5.41) is 0. The van der Waals surface area contributed by atoms with E-state index in [0.717, 1.165) is 0 Å². The molecule has 0 aliphatic carbocycles. The Morgan fingerprint density at radius 3 is 2.71 bits per heavy atom. The number of benzene rings is 1. The fourth-order valence-electron chi connectivity index (χ4n) is 1.34. The SMILES string of the molecule is CC(=O)CCC#C[C@@H](C)/C=C/c1ccccc1. The van der Waals surface area contributed by atoms with E-state index < -0.39 is 0 Å². The molecule has 0 fully saturated rings. The summed E-state index contributed by atoms with van der Waals surface area (Å²) in [5.41, 5.74) is 1.19. The van der Waals surface area contributed by atoms with E-state index in [0.29, 0.717) is 12.8 Å². The molecule has 1 heteroatoms. The van der Waals surface area contributed by atoms with Gasteiger partial charge in [-0.2, -0.15) is 0 Å². The smallest absolute Gasteiger partial charge is 0.130 e. The monoisotopic (exact) mass is 226 g/mol. The highest BCUT2D eigenvalue weighted by Gasteiger charge is 1.91. The molecule has 0 heterocycles. The first-order valence-corrected chi connectivity index (χ1v) is 5.89. The maximum absolute atomic E-state index is 10.7. The minimum Gasteiger partial charge on any atom is -0.300 e. The molecule has 1 atom stereocenters. The van der Waals surface area contributed by atoms with Crippen LogP contribution in [0.2, 0.25) is 0 Å². The Morgan fingerprint density at radius 2 is 2.06 bits per heavy atom. The van der Waals surface area contributed by atoms with Crippen LogP contribution in [0.1, 0.15) is 32.3 Å². The summed E-state index contributed by atoms with van der Waals surface area (Å²) in [6.07, 6.45) is 5.38. The van der Waals surface area contributed by atoms with Gasteiger partial charge in [0.2, 0.25) is 0 Å². The molecule has 0 spiro atoms. The highest BCUT2D eigenvalue weighted by molar-refractivity contribution is 5.75. The minimum absolute atomic E-state index is 0.201. The molecule has 1 rings (SSSR count). The number of hydrogen-bond donors (Lipinski definition) is 0. The summed E-state index contributed by atoms with van der Waals surface area (Å²) >= 11 is 0. The van der Waals surface area contributed by atoms with Gasteiger partial charge in [0, 0.05) is 18.8 Å². The summed E-state index contributed by atoms with van der Waals surface area (Å²) < 4.78 is 0. The average molecular weight is 226 g/mol. The van der Waals surface area contributed by atoms with Crippen molar-refractivity contribution in [3.63, 3.8) is 0 Å². The van der Waals surface area contributed by atoms with Crippen molar-refractivity contribution in [2.45, 2.75) is 26.7 Å². The first kappa shape index (κ1) is 13.3. The summed E-state index contributed by atoms with van der Waals surface area (Å²) in [7, 11) is 0. The zero-order valence-corrected chi connectivity index (χ0v) is 10.4. The molecule has 0 aliphatic rings. The van der Waals surface area contributed by atoms with Crippen molar-refractivity contribution in [1.82, 2.24) is 0 Å². The van der Waals surface area contributed by atoms with Crippen LogP contribution in [-0.4, -0.2) is 5.78 Å². The molecule has 1 aromatic rings. The number of hydrogen-bond acceptors (Lipinski definition) is 1. The van der Waals surface area contributed by atoms with Crippen molar-refractivity contribution in [3.8, 4) is 11.8 Å². The van der Waals surface area contributed by atoms with E-state index >= 15 is 0 Å². The van der Waals surface area contributed by atoms with E-state index in [2.05, 4.69) is 43.0 Å². The molecule has 1 nitrogen and oxygen atoms in total. The molecule has 0 aromatic heterocycles. The Morgan fingerprint density at radius 1 is 1.35 bits per heavy atom. The zero-order valence-electron chi connectivity index (χ0n) is 10.4. The van der Waals surface area contributed by atoms with Crippen LogP contribution in [0.15, 0.2) is 36.4 Å². The van der Waals surface area contributed by atoms with Gasteiger partial charge in [-0.15, -0.1) is 5.92 Å². The van der Waals surface area contributed by atoms with Gasteiger partial charge in [-0.05, 0) is 19.4 Å². The van der Waals surface area contributed by atoms with E-state index in [-0.39, 0.29) is 11.7 Å². The van der Waals surface area contributed by atoms with Crippen LogP contribution in [0.25, 0.3) is 6.08 Å². The highest BCUT2D eigenvalue weighted by Crippen LogP contribution is 2.04. The van der Waals surface area contributed by atoms with Crippen LogP contribution in [0, 0.1) is 17.8 Å². The topological polar surface area (TPSA) is 17.1 Å². The van der Waals surface area contributed by atoms with Crippen LogP contribution < -0.4 is 0 Å². The van der Waals surface area contributed by atoms with Crippen molar-refractivity contribution in [3.05, 3.63) is 42.0 Å². The third kappa shape index (κ3) is 6.37. The Bertz CT molecular complexity index is 432.